The van der Waals surface area contributed by atoms with E-state index in [0.717, 1.165) is 25.0 Å². The second-order valence-corrected chi connectivity index (χ2v) is 5.79. The topological polar surface area (TPSA) is 56.7 Å². The van der Waals surface area contributed by atoms with Crippen molar-refractivity contribution in [1.29, 1.82) is 0 Å². The Kier molecular flexibility index (Phi) is 11.3. The van der Waals surface area contributed by atoms with Gasteiger partial charge in [-0.05, 0) is 24.1 Å². The lowest BCUT2D eigenvalue weighted by atomic mass is 10.1. The number of nitrogens with one attached hydrogen (secondary N) is 2. The quantitative estimate of drug-likeness (QED) is 0.270. The van der Waals surface area contributed by atoms with Crippen LogP contribution in [0.2, 0.25) is 0 Å². The summed E-state index contributed by atoms with van der Waals surface area (Å²) in [7, 11) is 3.29. The van der Waals surface area contributed by atoms with Gasteiger partial charge in [0.2, 0.25) is 5.91 Å². The molecule has 1 aromatic carbocycles. The standard InChI is InChI=1S/C17H25F3N4O.HI/c1-4-5-9-21-16(23-12-15(25)24(2)3)22-11-13-7-6-8-14(10-13)17(18,19)20;/h6-8,10H,4-5,9,11-12H2,1-3H3,(H2,21,22,23);1H. The lowest BCUT2D eigenvalue weighted by Gasteiger charge is -2.15. The number of nitrogens with zero attached hydrogens (tertiary/aromatic N) is 2. The number of amides is 1. The minimum atomic E-state index is -4.38. The zero-order valence-corrected chi connectivity index (χ0v) is 17.5. The number of aliphatic imine (C=N–C) groups is 1. The van der Waals surface area contributed by atoms with Gasteiger partial charge in [-0.15, -0.1) is 24.0 Å². The average Bonchev–Trinajstić information content (AvgIpc) is 2.56. The van der Waals surface area contributed by atoms with Crippen LogP contribution in [0.25, 0.3) is 0 Å². The lowest BCUT2D eigenvalue weighted by molar-refractivity contribution is -0.137. The van der Waals surface area contributed by atoms with Gasteiger partial charge in [0.05, 0.1) is 18.7 Å². The summed E-state index contributed by atoms with van der Waals surface area (Å²) >= 11 is 0. The minimum Gasteiger partial charge on any atom is -0.356 e. The van der Waals surface area contributed by atoms with Crippen molar-refractivity contribution in [3.63, 3.8) is 0 Å². The van der Waals surface area contributed by atoms with Gasteiger partial charge in [0.1, 0.15) is 0 Å². The first-order valence-corrected chi connectivity index (χ1v) is 8.12. The number of carbonyl (C=O) groups is 1. The molecule has 0 saturated heterocycles. The summed E-state index contributed by atoms with van der Waals surface area (Å²) in [5.41, 5.74) is -0.248. The number of hydrogen-bond donors (Lipinski definition) is 2. The van der Waals surface area contributed by atoms with Gasteiger partial charge in [-0.25, -0.2) is 4.99 Å². The SMILES string of the molecule is CCCCNC(=NCc1cccc(C(F)(F)F)c1)NCC(=O)N(C)C.I. The highest BCUT2D eigenvalue weighted by atomic mass is 127. The van der Waals surface area contributed by atoms with Gasteiger partial charge < -0.3 is 15.5 Å². The zero-order valence-electron chi connectivity index (χ0n) is 15.2. The molecule has 9 heteroatoms. The molecule has 0 saturated carbocycles. The number of benzene rings is 1. The maximum absolute atomic E-state index is 12.8. The van der Waals surface area contributed by atoms with E-state index >= 15 is 0 Å². The Morgan fingerprint density at radius 2 is 1.92 bits per heavy atom. The third-order valence-electron chi connectivity index (χ3n) is 3.40. The van der Waals surface area contributed by atoms with Crippen molar-refractivity contribution in [3.8, 4) is 0 Å². The first-order valence-electron chi connectivity index (χ1n) is 8.12. The van der Waals surface area contributed by atoms with Crippen molar-refractivity contribution >= 4 is 35.8 Å². The molecular weight excluding hydrogens is 460 g/mol. The number of halogens is 4. The molecule has 0 fully saturated rings. The van der Waals surface area contributed by atoms with E-state index in [1.54, 1.807) is 20.2 Å². The zero-order chi connectivity index (χ0) is 18.9. The number of alkyl halides is 3. The van der Waals surface area contributed by atoms with Crippen LogP contribution in [0.5, 0.6) is 0 Å². The second kappa shape index (κ2) is 12.0. The Morgan fingerprint density at radius 1 is 1.23 bits per heavy atom. The Labute approximate surface area is 169 Å². The fraction of sp³-hybridized carbons (Fsp3) is 0.529. The summed E-state index contributed by atoms with van der Waals surface area (Å²) in [5.74, 6) is 0.283. The normalized spacial score (nSPS) is 11.5. The highest BCUT2D eigenvalue weighted by Crippen LogP contribution is 2.29. The Hall–Kier alpha value is -1.52. The van der Waals surface area contributed by atoms with E-state index in [0.29, 0.717) is 18.1 Å². The van der Waals surface area contributed by atoms with Crippen molar-refractivity contribution < 1.29 is 18.0 Å². The van der Waals surface area contributed by atoms with Crippen LogP contribution in [0, 0.1) is 0 Å². The number of carbonyl (C=O) groups excluding carboxylic acids is 1. The molecule has 0 radical (unpaired) electrons. The molecule has 0 unspecified atom stereocenters. The van der Waals surface area contributed by atoms with E-state index in [4.69, 9.17) is 0 Å². The van der Waals surface area contributed by atoms with Crippen LogP contribution < -0.4 is 10.6 Å². The number of guanidine groups is 1. The molecule has 0 aromatic heterocycles. The van der Waals surface area contributed by atoms with Gasteiger partial charge in [-0.2, -0.15) is 13.2 Å². The van der Waals surface area contributed by atoms with Crippen LogP contribution in [0.15, 0.2) is 29.3 Å². The molecule has 5 nitrogen and oxygen atoms in total. The molecule has 148 valence electrons. The summed E-state index contributed by atoms with van der Waals surface area (Å²) < 4.78 is 38.3. The van der Waals surface area contributed by atoms with Gasteiger partial charge >= 0.3 is 6.18 Å². The molecule has 0 aliphatic carbocycles. The van der Waals surface area contributed by atoms with Crippen LogP contribution in [0.1, 0.15) is 30.9 Å². The van der Waals surface area contributed by atoms with Crippen molar-refractivity contribution in [3.05, 3.63) is 35.4 Å². The molecule has 1 amide bonds. The predicted octanol–water partition coefficient (Wildman–Crippen LogP) is 3.25. The first-order chi connectivity index (χ1) is 11.7. The summed E-state index contributed by atoms with van der Waals surface area (Å²) in [5, 5.41) is 5.98. The van der Waals surface area contributed by atoms with E-state index < -0.39 is 11.7 Å². The molecule has 0 spiro atoms. The fourth-order valence-corrected chi connectivity index (χ4v) is 1.89. The van der Waals surface area contributed by atoms with E-state index in [1.807, 2.05) is 6.92 Å². The number of rotatable bonds is 7. The molecule has 0 aliphatic heterocycles. The summed E-state index contributed by atoms with van der Waals surface area (Å²) in [6.45, 7) is 2.86. The van der Waals surface area contributed by atoms with E-state index in [2.05, 4.69) is 15.6 Å². The third kappa shape index (κ3) is 9.25. The number of likely N-dealkylation sites (N-methyl/N-ethyl adjacent to an activating group) is 1. The Morgan fingerprint density at radius 3 is 2.50 bits per heavy atom. The van der Waals surface area contributed by atoms with Crippen LogP contribution >= 0.6 is 24.0 Å². The second-order valence-electron chi connectivity index (χ2n) is 5.79. The molecule has 26 heavy (non-hydrogen) atoms. The van der Waals surface area contributed by atoms with Gasteiger partial charge in [0.25, 0.3) is 0 Å². The van der Waals surface area contributed by atoms with Crippen LogP contribution in [-0.2, 0) is 17.5 Å². The molecule has 1 aromatic rings. The van der Waals surface area contributed by atoms with Crippen LogP contribution in [0.4, 0.5) is 13.2 Å². The van der Waals surface area contributed by atoms with E-state index in [1.165, 1.54) is 11.0 Å². The van der Waals surface area contributed by atoms with Crippen molar-refractivity contribution in [1.82, 2.24) is 15.5 Å². The Bertz CT molecular complexity index is 592. The monoisotopic (exact) mass is 486 g/mol. The smallest absolute Gasteiger partial charge is 0.356 e. The molecule has 0 atom stereocenters. The molecular formula is C17H26F3IN4O. The molecule has 2 N–H and O–H groups in total. The molecule has 1 rings (SSSR count). The van der Waals surface area contributed by atoms with Crippen molar-refractivity contribution in [2.75, 3.05) is 27.2 Å². The fourth-order valence-electron chi connectivity index (χ4n) is 1.89. The largest absolute Gasteiger partial charge is 0.416 e. The van der Waals surface area contributed by atoms with Crippen LogP contribution in [-0.4, -0.2) is 44.0 Å². The predicted molar refractivity (Wildman–Crippen MR) is 108 cm³/mol. The van der Waals surface area contributed by atoms with Gasteiger partial charge in [0.15, 0.2) is 5.96 Å². The number of unbranched alkanes of at least 4 members (excludes halogenated alkanes) is 1. The highest BCUT2D eigenvalue weighted by molar-refractivity contribution is 14.0. The molecule has 0 bridgehead atoms. The summed E-state index contributed by atoms with van der Waals surface area (Å²) in [6.07, 6.45) is -2.46. The van der Waals surface area contributed by atoms with E-state index in [-0.39, 0.29) is 43.0 Å². The van der Waals surface area contributed by atoms with Crippen LogP contribution in [0.3, 0.4) is 0 Å². The highest BCUT2D eigenvalue weighted by Gasteiger charge is 2.30. The minimum absolute atomic E-state index is 0. The Balaban J connectivity index is 0.00000625. The molecule has 0 aliphatic rings. The third-order valence-corrected chi connectivity index (χ3v) is 3.40. The number of hydrogen-bond acceptors (Lipinski definition) is 2. The van der Waals surface area contributed by atoms with Gasteiger partial charge in [-0.1, -0.05) is 25.5 Å². The summed E-state index contributed by atoms with van der Waals surface area (Å²) in [4.78, 5) is 17.4. The maximum Gasteiger partial charge on any atom is 0.416 e. The average molecular weight is 486 g/mol. The lowest BCUT2D eigenvalue weighted by Crippen LogP contribution is -2.43. The summed E-state index contributed by atoms with van der Waals surface area (Å²) in [6, 6.07) is 5.06. The molecule has 0 heterocycles. The van der Waals surface area contributed by atoms with E-state index in [9.17, 15) is 18.0 Å². The first kappa shape index (κ1) is 24.5. The van der Waals surface area contributed by atoms with Gasteiger partial charge in [0, 0.05) is 20.6 Å². The van der Waals surface area contributed by atoms with Crippen molar-refractivity contribution in [2.24, 2.45) is 4.99 Å². The maximum atomic E-state index is 12.8. The van der Waals surface area contributed by atoms with Crippen molar-refractivity contribution in [2.45, 2.75) is 32.5 Å². The van der Waals surface area contributed by atoms with Gasteiger partial charge in [-0.3, -0.25) is 4.79 Å².